The van der Waals surface area contributed by atoms with Crippen LogP contribution < -0.4 is 10.2 Å². The zero-order valence-corrected chi connectivity index (χ0v) is 14.7. The van der Waals surface area contributed by atoms with E-state index in [1.807, 2.05) is 17.0 Å². The number of carbonyl (C=O) groups is 1. The summed E-state index contributed by atoms with van der Waals surface area (Å²) in [5, 5.41) is 3.19. The molecule has 0 atom stereocenters. The van der Waals surface area contributed by atoms with Gasteiger partial charge >= 0.3 is 0 Å². The second-order valence-electron chi connectivity index (χ2n) is 6.44. The quantitative estimate of drug-likeness (QED) is 0.658. The minimum Gasteiger partial charge on any atom is -0.368 e. The lowest BCUT2D eigenvalue weighted by Gasteiger charge is -2.37. The number of amides is 1. The molecule has 0 aromatic heterocycles. The first-order chi connectivity index (χ1) is 12.2. The van der Waals surface area contributed by atoms with Crippen LogP contribution in [-0.2, 0) is 4.79 Å². The number of piperazine rings is 1. The number of hydrogen-bond acceptors (Lipinski definition) is 3. The topological polar surface area (TPSA) is 51.2 Å². The second kappa shape index (κ2) is 8.18. The number of benzene rings is 1. The van der Waals surface area contributed by atoms with Crippen molar-refractivity contribution in [1.29, 1.82) is 0 Å². The highest BCUT2D eigenvalue weighted by Gasteiger charge is 2.22. The molecule has 0 saturated carbocycles. The van der Waals surface area contributed by atoms with Crippen LogP contribution in [0, 0.1) is 5.82 Å². The van der Waals surface area contributed by atoms with Crippen molar-refractivity contribution in [2.75, 3.05) is 57.8 Å². The zero-order chi connectivity index (χ0) is 17.6. The minimum atomic E-state index is -0.213. The second-order valence-corrected chi connectivity index (χ2v) is 6.44. The Hall–Kier alpha value is -2.31. The molecule has 25 heavy (non-hydrogen) atoms. The molecule has 0 aliphatic carbocycles. The van der Waals surface area contributed by atoms with Gasteiger partial charge < -0.3 is 20.0 Å². The monoisotopic (exact) mass is 347 g/mol. The predicted octanol–water partition coefficient (Wildman–Crippen LogP) is 1.15. The van der Waals surface area contributed by atoms with Gasteiger partial charge in [0.2, 0.25) is 5.91 Å². The molecule has 2 heterocycles. The summed E-state index contributed by atoms with van der Waals surface area (Å²) in [6.45, 7) is 5.35. The van der Waals surface area contributed by atoms with Crippen molar-refractivity contribution in [1.82, 2.24) is 15.1 Å². The molecule has 3 rings (SSSR count). The fraction of sp³-hybridized carbons (Fsp3) is 0.556. The molecule has 2 fully saturated rings. The Balaban J connectivity index is 1.48. The molecule has 0 radical (unpaired) electrons. The van der Waals surface area contributed by atoms with Gasteiger partial charge in [0.1, 0.15) is 5.82 Å². The fourth-order valence-electron chi connectivity index (χ4n) is 3.39. The molecule has 6 nitrogen and oxygen atoms in total. The van der Waals surface area contributed by atoms with Crippen LogP contribution in [0.4, 0.5) is 10.1 Å². The first-order valence-corrected chi connectivity index (χ1v) is 8.91. The van der Waals surface area contributed by atoms with Crippen molar-refractivity contribution < 1.29 is 9.18 Å². The molecule has 0 unspecified atom stereocenters. The highest BCUT2D eigenvalue weighted by Crippen LogP contribution is 2.17. The van der Waals surface area contributed by atoms with Crippen LogP contribution in [0.2, 0.25) is 0 Å². The maximum Gasteiger partial charge on any atom is 0.241 e. The minimum absolute atomic E-state index is 0.142. The maximum atomic E-state index is 13.0. The van der Waals surface area contributed by atoms with Crippen molar-refractivity contribution in [2.24, 2.45) is 4.99 Å². The van der Waals surface area contributed by atoms with E-state index in [-0.39, 0.29) is 11.7 Å². The van der Waals surface area contributed by atoms with E-state index in [2.05, 4.69) is 20.1 Å². The molecule has 1 N–H and O–H groups in total. The number of halogens is 1. The van der Waals surface area contributed by atoms with Crippen LogP contribution >= 0.6 is 0 Å². The van der Waals surface area contributed by atoms with Gasteiger partial charge in [-0.3, -0.25) is 9.79 Å². The molecular formula is C18H26FN5O. The van der Waals surface area contributed by atoms with E-state index in [0.29, 0.717) is 6.54 Å². The number of nitrogens with one attached hydrogen (secondary N) is 1. The van der Waals surface area contributed by atoms with Gasteiger partial charge in [0.05, 0.1) is 6.54 Å². The molecule has 0 bridgehead atoms. The van der Waals surface area contributed by atoms with Gasteiger partial charge in [0.15, 0.2) is 5.96 Å². The molecular weight excluding hydrogens is 321 g/mol. The van der Waals surface area contributed by atoms with Crippen LogP contribution in [0.15, 0.2) is 29.3 Å². The summed E-state index contributed by atoms with van der Waals surface area (Å²) in [5.41, 5.74) is 1.04. The summed E-state index contributed by atoms with van der Waals surface area (Å²) >= 11 is 0. The molecule has 2 aliphatic heterocycles. The van der Waals surface area contributed by atoms with E-state index in [0.717, 1.165) is 63.8 Å². The summed E-state index contributed by atoms with van der Waals surface area (Å²) in [4.78, 5) is 22.8. The average molecular weight is 347 g/mol. The van der Waals surface area contributed by atoms with Crippen molar-refractivity contribution in [3.63, 3.8) is 0 Å². The number of aliphatic imine (C=N–C) groups is 1. The first-order valence-electron chi connectivity index (χ1n) is 8.91. The van der Waals surface area contributed by atoms with Crippen molar-refractivity contribution >= 4 is 17.6 Å². The average Bonchev–Trinajstić information content (AvgIpc) is 3.18. The summed E-state index contributed by atoms with van der Waals surface area (Å²) < 4.78 is 13.0. The Bertz CT molecular complexity index is 604. The van der Waals surface area contributed by atoms with Gasteiger partial charge in [-0.25, -0.2) is 4.39 Å². The molecule has 136 valence electrons. The Labute approximate surface area is 148 Å². The molecule has 2 aliphatic rings. The number of hydrogen-bond donors (Lipinski definition) is 1. The largest absolute Gasteiger partial charge is 0.368 e. The van der Waals surface area contributed by atoms with Crippen molar-refractivity contribution in [3.8, 4) is 0 Å². The highest BCUT2D eigenvalue weighted by molar-refractivity contribution is 5.86. The number of nitrogens with zero attached hydrogens (tertiary/aromatic N) is 4. The zero-order valence-electron chi connectivity index (χ0n) is 14.7. The summed E-state index contributed by atoms with van der Waals surface area (Å²) in [6, 6.07) is 6.61. The lowest BCUT2D eigenvalue weighted by Crippen LogP contribution is -2.53. The number of likely N-dealkylation sites (tertiary alicyclic amines) is 1. The predicted molar refractivity (Wildman–Crippen MR) is 97.4 cm³/mol. The van der Waals surface area contributed by atoms with E-state index in [4.69, 9.17) is 0 Å². The third kappa shape index (κ3) is 4.41. The first kappa shape index (κ1) is 17.5. The van der Waals surface area contributed by atoms with E-state index < -0.39 is 0 Å². The third-order valence-corrected chi connectivity index (χ3v) is 4.84. The van der Waals surface area contributed by atoms with E-state index in [1.54, 1.807) is 7.05 Å². The van der Waals surface area contributed by atoms with Crippen LogP contribution in [0.1, 0.15) is 12.8 Å². The van der Waals surface area contributed by atoms with Crippen LogP contribution in [0.3, 0.4) is 0 Å². The van der Waals surface area contributed by atoms with Gasteiger partial charge in [-0.1, -0.05) is 0 Å². The normalized spacial score (nSPS) is 18.6. The van der Waals surface area contributed by atoms with Crippen molar-refractivity contribution in [2.45, 2.75) is 12.8 Å². The van der Waals surface area contributed by atoms with E-state index in [9.17, 15) is 9.18 Å². The van der Waals surface area contributed by atoms with Crippen LogP contribution in [-0.4, -0.2) is 74.5 Å². The van der Waals surface area contributed by atoms with Crippen molar-refractivity contribution in [3.05, 3.63) is 30.1 Å². The number of carbonyl (C=O) groups excluding carboxylic acids is 1. The van der Waals surface area contributed by atoms with Crippen LogP contribution in [0.5, 0.6) is 0 Å². The van der Waals surface area contributed by atoms with E-state index in [1.165, 1.54) is 12.1 Å². The molecule has 1 aromatic carbocycles. The Kier molecular flexibility index (Phi) is 5.73. The summed E-state index contributed by atoms with van der Waals surface area (Å²) in [6.07, 6.45) is 2.21. The number of anilines is 1. The standard InChI is InChI=1S/C18H26FN5O/c1-20-18(21-14-17(25)23-8-2-3-9-23)24-12-10-22(11-13-24)16-6-4-15(19)5-7-16/h4-7H,2-3,8-14H2,1H3,(H,20,21). The lowest BCUT2D eigenvalue weighted by molar-refractivity contribution is -0.128. The third-order valence-electron chi connectivity index (χ3n) is 4.84. The SMILES string of the molecule is CN=C(NCC(=O)N1CCCC1)N1CCN(c2ccc(F)cc2)CC1. The van der Waals surface area contributed by atoms with Gasteiger partial charge in [-0.05, 0) is 37.1 Å². The van der Waals surface area contributed by atoms with Gasteiger partial charge in [-0.2, -0.15) is 0 Å². The fourth-order valence-corrected chi connectivity index (χ4v) is 3.39. The van der Waals surface area contributed by atoms with Gasteiger partial charge in [0.25, 0.3) is 0 Å². The highest BCUT2D eigenvalue weighted by atomic mass is 19.1. The molecule has 1 aromatic rings. The van der Waals surface area contributed by atoms with E-state index >= 15 is 0 Å². The molecule has 7 heteroatoms. The Morgan fingerprint density at radius 2 is 1.68 bits per heavy atom. The molecule has 2 saturated heterocycles. The van der Waals surface area contributed by atoms with Gasteiger partial charge in [-0.15, -0.1) is 0 Å². The molecule has 1 amide bonds. The summed E-state index contributed by atoms with van der Waals surface area (Å²) in [7, 11) is 1.75. The van der Waals surface area contributed by atoms with Crippen LogP contribution in [0.25, 0.3) is 0 Å². The maximum absolute atomic E-state index is 13.0. The summed E-state index contributed by atoms with van der Waals surface area (Å²) in [5.74, 6) is 0.699. The Morgan fingerprint density at radius 3 is 2.28 bits per heavy atom. The lowest BCUT2D eigenvalue weighted by atomic mass is 10.2. The number of rotatable bonds is 3. The Morgan fingerprint density at radius 1 is 1.04 bits per heavy atom. The number of guanidine groups is 1. The van der Waals surface area contributed by atoms with Gasteiger partial charge in [0, 0.05) is 52.0 Å². The molecule has 0 spiro atoms. The smallest absolute Gasteiger partial charge is 0.241 e.